The number of fused-ring (bicyclic) bond motifs is 3. The number of carbonyl (C=O) groups is 1. The monoisotopic (exact) mass is 691 g/mol. The van der Waals surface area contributed by atoms with E-state index in [0.717, 1.165) is 55.3 Å². The van der Waals surface area contributed by atoms with E-state index in [1.165, 1.54) is 12.1 Å². The van der Waals surface area contributed by atoms with Gasteiger partial charge in [0.05, 0.1) is 30.4 Å². The Hall–Kier alpha value is -4.92. The second-order valence-electron chi connectivity index (χ2n) is 12.3. The van der Waals surface area contributed by atoms with Gasteiger partial charge in [0.1, 0.15) is 29.1 Å². The number of rotatable bonds is 9. The van der Waals surface area contributed by atoms with Crippen molar-refractivity contribution in [2.24, 2.45) is 7.05 Å². The van der Waals surface area contributed by atoms with E-state index in [0.29, 0.717) is 55.5 Å². The minimum absolute atomic E-state index is 0.243. The van der Waals surface area contributed by atoms with Crippen LogP contribution in [0.2, 0.25) is 5.02 Å². The highest BCUT2D eigenvalue weighted by Gasteiger charge is 2.32. The molecule has 0 amide bonds. The molecule has 0 radical (unpaired) electrons. The van der Waals surface area contributed by atoms with Crippen LogP contribution in [0.15, 0.2) is 91.0 Å². The number of carbonyl (C=O) groups excluding carboxylic acids is 1. The maximum atomic E-state index is 13.9. The van der Waals surface area contributed by atoms with Crippen LogP contribution in [0.25, 0.3) is 32.8 Å². The minimum Gasteiger partial charge on any atom is -0.493 e. The topological polar surface area (TPSA) is 67.5 Å². The average molecular weight is 692 g/mol. The fraction of sp³-hybridized carbons (Fsp3) is 0.268. The van der Waals surface area contributed by atoms with Gasteiger partial charge in [0.25, 0.3) is 0 Å². The van der Waals surface area contributed by atoms with Crippen molar-refractivity contribution in [2.45, 2.75) is 45.8 Å². The maximum absolute atomic E-state index is 13.9. The van der Waals surface area contributed by atoms with Gasteiger partial charge in [0, 0.05) is 41.2 Å². The molecule has 0 N–H and O–H groups in total. The van der Waals surface area contributed by atoms with Gasteiger partial charge in [-0.1, -0.05) is 79.2 Å². The maximum Gasteiger partial charge on any atom is 0.355 e. The van der Waals surface area contributed by atoms with Crippen molar-refractivity contribution in [3.05, 3.63) is 130 Å². The molecule has 3 heterocycles. The molecule has 7 nitrogen and oxygen atoms in total. The van der Waals surface area contributed by atoms with Crippen molar-refractivity contribution < 1.29 is 23.4 Å². The Morgan fingerprint density at radius 1 is 1.00 bits per heavy atom. The van der Waals surface area contributed by atoms with E-state index < -0.39 is 6.10 Å². The number of benzene rings is 4. The van der Waals surface area contributed by atoms with Gasteiger partial charge in [-0.15, -0.1) is 0 Å². The summed E-state index contributed by atoms with van der Waals surface area (Å²) < 4.78 is 36.3. The van der Waals surface area contributed by atoms with Gasteiger partial charge >= 0.3 is 5.97 Å². The van der Waals surface area contributed by atoms with Gasteiger partial charge in [-0.3, -0.25) is 4.68 Å². The van der Waals surface area contributed by atoms with E-state index in [1.54, 1.807) is 6.07 Å². The van der Waals surface area contributed by atoms with Crippen molar-refractivity contribution in [2.75, 3.05) is 19.8 Å². The molecule has 256 valence electrons. The summed E-state index contributed by atoms with van der Waals surface area (Å²) >= 11 is 7.22. The van der Waals surface area contributed by atoms with Crippen molar-refractivity contribution in [1.29, 1.82) is 0 Å². The Morgan fingerprint density at radius 3 is 2.62 bits per heavy atom. The van der Waals surface area contributed by atoms with Crippen LogP contribution >= 0.6 is 11.6 Å². The third kappa shape index (κ3) is 6.18. The zero-order valence-corrected chi connectivity index (χ0v) is 29.2. The van der Waals surface area contributed by atoms with Gasteiger partial charge in [0.2, 0.25) is 0 Å². The molecule has 0 fully saturated rings. The van der Waals surface area contributed by atoms with Gasteiger partial charge in [-0.2, -0.15) is 5.10 Å². The lowest BCUT2D eigenvalue weighted by Gasteiger charge is -2.19. The van der Waals surface area contributed by atoms with Crippen LogP contribution in [0, 0.1) is 5.82 Å². The van der Waals surface area contributed by atoms with Gasteiger partial charge in [-0.25, -0.2) is 9.18 Å². The van der Waals surface area contributed by atoms with Crippen LogP contribution in [0.5, 0.6) is 5.75 Å². The SMILES string of the molecule is CCOC(=O)c1c(CCCOc2cccc3cc(F)ccc23)c2ccc(Cl)c3c2n1C/C=C\COC(c1ccccc1)c1nn(C)c(CC)c1-3. The van der Waals surface area contributed by atoms with Crippen LogP contribution in [-0.2, 0) is 35.9 Å². The second-order valence-corrected chi connectivity index (χ2v) is 12.7. The fourth-order valence-electron chi connectivity index (χ4n) is 7.18. The number of ether oxygens (including phenoxy) is 3. The summed E-state index contributed by atoms with van der Waals surface area (Å²) in [5.41, 5.74) is 6.75. The molecule has 50 heavy (non-hydrogen) atoms. The zero-order valence-electron chi connectivity index (χ0n) is 28.4. The molecular weight excluding hydrogens is 653 g/mol. The molecule has 1 atom stereocenters. The van der Waals surface area contributed by atoms with Crippen molar-refractivity contribution in [3.63, 3.8) is 0 Å². The van der Waals surface area contributed by atoms with Gasteiger partial charge < -0.3 is 18.8 Å². The molecule has 0 aliphatic carbocycles. The molecule has 0 bridgehead atoms. The highest BCUT2D eigenvalue weighted by molar-refractivity contribution is 6.35. The summed E-state index contributed by atoms with van der Waals surface area (Å²) in [6.45, 7) is 5.33. The second kappa shape index (κ2) is 14.5. The van der Waals surface area contributed by atoms with Crippen LogP contribution in [0.1, 0.15) is 59.4 Å². The van der Waals surface area contributed by atoms with Crippen molar-refractivity contribution in [3.8, 4) is 16.9 Å². The van der Waals surface area contributed by atoms with Crippen molar-refractivity contribution >= 4 is 39.2 Å². The van der Waals surface area contributed by atoms with Crippen LogP contribution < -0.4 is 4.74 Å². The Morgan fingerprint density at radius 2 is 1.82 bits per heavy atom. The van der Waals surface area contributed by atoms with E-state index in [-0.39, 0.29) is 18.4 Å². The number of nitrogens with zero attached hydrogens (tertiary/aromatic N) is 3. The van der Waals surface area contributed by atoms with Crippen LogP contribution in [0.3, 0.4) is 0 Å². The number of hydrogen-bond acceptors (Lipinski definition) is 5. The van der Waals surface area contributed by atoms with E-state index in [1.807, 2.05) is 83.9 Å². The highest BCUT2D eigenvalue weighted by atomic mass is 35.5. The summed E-state index contributed by atoms with van der Waals surface area (Å²) in [6, 6.07) is 24.3. The number of allylic oxidation sites excluding steroid dienone is 1. The first-order chi connectivity index (χ1) is 24.4. The highest BCUT2D eigenvalue weighted by Crippen LogP contribution is 2.45. The summed E-state index contributed by atoms with van der Waals surface area (Å²) in [4.78, 5) is 13.9. The molecule has 2 aromatic heterocycles. The molecule has 6 aromatic rings. The lowest BCUT2D eigenvalue weighted by Crippen LogP contribution is -2.14. The Balaban J connectivity index is 1.37. The molecule has 1 aliphatic heterocycles. The molecule has 1 unspecified atom stereocenters. The van der Waals surface area contributed by atoms with E-state index in [4.69, 9.17) is 30.9 Å². The normalized spacial score (nSPS) is 15.1. The summed E-state index contributed by atoms with van der Waals surface area (Å²) in [5.74, 6) is 0.0163. The standard InChI is InChI=1S/C41H39ClFN3O4/c1-4-33-36-35-32(42)21-20-31-30(16-12-24-49-34-17-11-15-27-25-28(43)18-19-29(27)34)39(41(47)48-5-2)46(38(31)35)22-9-10-23-50-40(37(36)44-45(33)3)26-13-7-6-8-14-26/h6-11,13-15,17-21,25,40H,4-5,12,16,22-24H2,1-3H3/b10-9-. The fourth-order valence-corrected chi connectivity index (χ4v) is 7.43. The number of aryl methyl sites for hydroxylation is 2. The first-order valence-corrected chi connectivity index (χ1v) is 17.5. The van der Waals surface area contributed by atoms with Crippen LogP contribution in [-0.4, -0.2) is 40.1 Å². The first kappa shape index (κ1) is 33.6. The zero-order chi connectivity index (χ0) is 34.8. The third-order valence-corrected chi connectivity index (χ3v) is 9.64. The molecule has 7 rings (SSSR count). The van der Waals surface area contributed by atoms with Gasteiger partial charge in [0.15, 0.2) is 0 Å². The summed E-state index contributed by atoms with van der Waals surface area (Å²) in [6.07, 6.45) is 5.45. The van der Waals surface area contributed by atoms with Crippen LogP contribution in [0.4, 0.5) is 4.39 Å². The lowest BCUT2D eigenvalue weighted by molar-refractivity contribution is 0.0513. The predicted molar refractivity (Wildman–Crippen MR) is 196 cm³/mol. The number of hydrogen-bond donors (Lipinski definition) is 0. The molecule has 9 heteroatoms. The number of aromatic nitrogens is 3. The molecular formula is C41H39ClFN3O4. The Labute approximate surface area is 295 Å². The quantitative estimate of drug-likeness (QED) is 0.0859. The third-order valence-electron chi connectivity index (χ3n) is 9.32. The summed E-state index contributed by atoms with van der Waals surface area (Å²) in [5, 5.41) is 8.18. The van der Waals surface area contributed by atoms with E-state index in [2.05, 4.69) is 19.1 Å². The predicted octanol–water partition coefficient (Wildman–Crippen LogP) is 9.41. The minimum atomic E-state index is -0.443. The Bertz CT molecular complexity index is 2220. The summed E-state index contributed by atoms with van der Waals surface area (Å²) in [7, 11) is 1.95. The molecule has 0 saturated heterocycles. The smallest absolute Gasteiger partial charge is 0.355 e. The first-order valence-electron chi connectivity index (χ1n) is 17.1. The molecule has 4 aromatic carbocycles. The number of halogens is 2. The average Bonchev–Trinajstić information content (AvgIpc) is 3.60. The van der Waals surface area contributed by atoms with E-state index in [9.17, 15) is 9.18 Å². The molecule has 0 spiro atoms. The number of esters is 1. The van der Waals surface area contributed by atoms with Crippen molar-refractivity contribution in [1.82, 2.24) is 14.3 Å². The molecule has 0 saturated carbocycles. The lowest BCUT2D eigenvalue weighted by atomic mass is 9.93. The largest absolute Gasteiger partial charge is 0.493 e. The molecule has 1 aliphatic rings. The van der Waals surface area contributed by atoms with E-state index >= 15 is 0 Å². The van der Waals surface area contributed by atoms with Gasteiger partial charge in [-0.05, 0) is 73.0 Å². The Kier molecular flexibility index (Phi) is 9.74.